The summed E-state index contributed by atoms with van der Waals surface area (Å²) in [5.74, 6) is 0. The Morgan fingerprint density at radius 2 is 1.83 bits per heavy atom. The standard InChI is InChI=1S/C14H28N4/c1-15-6-7-16(2)14(10-15)12-17-8-9-18-5-3-4-13(18)11-17/h13-14H,3-12H2,1-2H3. The quantitative estimate of drug-likeness (QED) is 0.686. The van der Waals surface area contributed by atoms with Crippen molar-refractivity contribution in [1.29, 1.82) is 0 Å². The van der Waals surface area contributed by atoms with Crippen LogP contribution >= 0.6 is 0 Å². The molecule has 0 aromatic heterocycles. The van der Waals surface area contributed by atoms with E-state index in [9.17, 15) is 0 Å². The Balaban J connectivity index is 1.52. The second kappa shape index (κ2) is 5.45. The predicted octanol–water partition coefficient (Wildman–Crippen LogP) is 0.0122. The van der Waals surface area contributed by atoms with Crippen molar-refractivity contribution in [2.75, 3.05) is 66.5 Å². The van der Waals surface area contributed by atoms with Gasteiger partial charge in [0, 0.05) is 57.9 Å². The molecule has 3 aliphatic rings. The van der Waals surface area contributed by atoms with Crippen molar-refractivity contribution in [2.24, 2.45) is 0 Å². The Morgan fingerprint density at radius 1 is 0.944 bits per heavy atom. The lowest BCUT2D eigenvalue weighted by atomic mass is 10.1. The molecule has 4 heteroatoms. The number of piperazine rings is 2. The van der Waals surface area contributed by atoms with Gasteiger partial charge in [-0.15, -0.1) is 0 Å². The summed E-state index contributed by atoms with van der Waals surface area (Å²) in [6, 6.07) is 1.60. The van der Waals surface area contributed by atoms with Crippen LogP contribution in [0.1, 0.15) is 12.8 Å². The van der Waals surface area contributed by atoms with E-state index in [0.29, 0.717) is 0 Å². The lowest BCUT2D eigenvalue weighted by molar-refractivity contribution is 0.0484. The van der Waals surface area contributed by atoms with Crippen molar-refractivity contribution in [3.63, 3.8) is 0 Å². The molecular weight excluding hydrogens is 224 g/mol. The first-order valence-corrected chi connectivity index (χ1v) is 7.57. The monoisotopic (exact) mass is 252 g/mol. The Kier molecular flexibility index (Phi) is 3.89. The Bertz CT molecular complexity index is 283. The molecule has 0 spiro atoms. The maximum Gasteiger partial charge on any atom is 0.0347 e. The van der Waals surface area contributed by atoms with Gasteiger partial charge in [0.25, 0.3) is 0 Å². The van der Waals surface area contributed by atoms with E-state index in [1.807, 2.05) is 0 Å². The summed E-state index contributed by atoms with van der Waals surface area (Å²) >= 11 is 0. The molecule has 4 nitrogen and oxygen atoms in total. The van der Waals surface area contributed by atoms with Crippen LogP contribution in [-0.2, 0) is 0 Å². The van der Waals surface area contributed by atoms with Crippen LogP contribution in [0.15, 0.2) is 0 Å². The van der Waals surface area contributed by atoms with E-state index in [1.165, 1.54) is 65.2 Å². The van der Waals surface area contributed by atoms with E-state index >= 15 is 0 Å². The molecule has 0 aliphatic carbocycles. The molecule has 3 aliphatic heterocycles. The molecular formula is C14H28N4. The predicted molar refractivity (Wildman–Crippen MR) is 75.0 cm³/mol. The van der Waals surface area contributed by atoms with Gasteiger partial charge in [0.2, 0.25) is 0 Å². The average molecular weight is 252 g/mol. The van der Waals surface area contributed by atoms with Crippen LogP contribution in [0.5, 0.6) is 0 Å². The first-order chi connectivity index (χ1) is 8.72. The zero-order chi connectivity index (χ0) is 12.5. The van der Waals surface area contributed by atoms with Crippen LogP contribution in [0.3, 0.4) is 0 Å². The molecule has 0 radical (unpaired) electrons. The van der Waals surface area contributed by atoms with Gasteiger partial charge in [-0.3, -0.25) is 14.7 Å². The summed E-state index contributed by atoms with van der Waals surface area (Å²) in [6.07, 6.45) is 2.85. The molecule has 0 amide bonds. The third-order valence-corrected chi connectivity index (χ3v) is 5.12. The lowest BCUT2D eigenvalue weighted by Crippen LogP contribution is -2.58. The minimum atomic E-state index is 0.733. The maximum atomic E-state index is 2.72. The van der Waals surface area contributed by atoms with Gasteiger partial charge < -0.3 is 4.90 Å². The summed E-state index contributed by atoms with van der Waals surface area (Å²) in [5, 5.41) is 0. The first-order valence-electron chi connectivity index (χ1n) is 7.57. The van der Waals surface area contributed by atoms with E-state index in [2.05, 4.69) is 33.7 Å². The van der Waals surface area contributed by atoms with Crippen molar-refractivity contribution in [3.8, 4) is 0 Å². The molecule has 3 saturated heterocycles. The topological polar surface area (TPSA) is 13.0 Å². The van der Waals surface area contributed by atoms with Gasteiger partial charge in [-0.25, -0.2) is 0 Å². The molecule has 0 aromatic carbocycles. The van der Waals surface area contributed by atoms with Crippen LogP contribution in [0.25, 0.3) is 0 Å². The SMILES string of the molecule is CN1CCN(C)C(CN2CCN3CCCC3C2)C1. The molecule has 2 unspecified atom stereocenters. The van der Waals surface area contributed by atoms with E-state index < -0.39 is 0 Å². The smallest absolute Gasteiger partial charge is 0.0347 e. The van der Waals surface area contributed by atoms with Crippen LogP contribution in [0.4, 0.5) is 0 Å². The fourth-order valence-electron chi connectivity index (χ4n) is 3.82. The minimum Gasteiger partial charge on any atom is -0.303 e. The van der Waals surface area contributed by atoms with Gasteiger partial charge in [-0.1, -0.05) is 0 Å². The Hall–Kier alpha value is -0.160. The summed E-state index contributed by atoms with van der Waals surface area (Å²) in [5.41, 5.74) is 0. The molecule has 3 fully saturated rings. The normalized spacial score (nSPS) is 37.0. The fourth-order valence-corrected chi connectivity index (χ4v) is 3.82. The second-order valence-corrected chi connectivity index (χ2v) is 6.49. The highest BCUT2D eigenvalue weighted by atomic mass is 15.3. The number of rotatable bonds is 2. The van der Waals surface area contributed by atoms with Gasteiger partial charge >= 0.3 is 0 Å². The summed E-state index contributed by atoms with van der Waals surface area (Å²) in [4.78, 5) is 10.5. The maximum absolute atomic E-state index is 2.72. The summed E-state index contributed by atoms with van der Waals surface area (Å²) < 4.78 is 0. The lowest BCUT2D eigenvalue weighted by Gasteiger charge is -2.43. The van der Waals surface area contributed by atoms with Crippen molar-refractivity contribution in [2.45, 2.75) is 24.9 Å². The molecule has 0 saturated carbocycles. The highest BCUT2D eigenvalue weighted by Gasteiger charge is 2.32. The Labute approximate surface area is 112 Å². The van der Waals surface area contributed by atoms with Gasteiger partial charge in [0.1, 0.15) is 0 Å². The highest BCUT2D eigenvalue weighted by Crippen LogP contribution is 2.22. The number of hydrogen-bond donors (Lipinski definition) is 0. The van der Waals surface area contributed by atoms with E-state index in [-0.39, 0.29) is 0 Å². The van der Waals surface area contributed by atoms with Crippen molar-refractivity contribution >= 4 is 0 Å². The van der Waals surface area contributed by atoms with Gasteiger partial charge in [0.05, 0.1) is 0 Å². The number of nitrogens with zero attached hydrogens (tertiary/aromatic N) is 4. The van der Waals surface area contributed by atoms with E-state index in [4.69, 9.17) is 0 Å². The molecule has 0 N–H and O–H groups in total. The zero-order valence-corrected chi connectivity index (χ0v) is 12.0. The third-order valence-electron chi connectivity index (χ3n) is 5.12. The molecule has 0 bridgehead atoms. The third kappa shape index (κ3) is 2.72. The van der Waals surface area contributed by atoms with Gasteiger partial charge in [-0.05, 0) is 33.5 Å². The van der Waals surface area contributed by atoms with E-state index in [0.717, 1.165) is 12.1 Å². The molecule has 18 heavy (non-hydrogen) atoms. The van der Waals surface area contributed by atoms with Crippen LogP contribution < -0.4 is 0 Å². The molecule has 2 atom stereocenters. The van der Waals surface area contributed by atoms with Crippen molar-refractivity contribution in [3.05, 3.63) is 0 Å². The number of fused-ring (bicyclic) bond motifs is 1. The van der Waals surface area contributed by atoms with Crippen LogP contribution in [-0.4, -0.2) is 98.1 Å². The minimum absolute atomic E-state index is 0.733. The molecule has 0 aromatic rings. The summed E-state index contributed by atoms with van der Waals surface area (Å²) in [6.45, 7) is 10.2. The largest absolute Gasteiger partial charge is 0.303 e. The van der Waals surface area contributed by atoms with Crippen LogP contribution in [0.2, 0.25) is 0 Å². The molecule has 3 heterocycles. The van der Waals surface area contributed by atoms with Crippen molar-refractivity contribution in [1.82, 2.24) is 19.6 Å². The number of hydrogen-bond acceptors (Lipinski definition) is 4. The van der Waals surface area contributed by atoms with Gasteiger partial charge in [-0.2, -0.15) is 0 Å². The van der Waals surface area contributed by atoms with Crippen molar-refractivity contribution < 1.29 is 0 Å². The van der Waals surface area contributed by atoms with E-state index in [1.54, 1.807) is 0 Å². The fraction of sp³-hybridized carbons (Fsp3) is 1.00. The second-order valence-electron chi connectivity index (χ2n) is 6.49. The first kappa shape index (κ1) is 12.9. The average Bonchev–Trinajstić information content (AvgIpc) is 2.81. The van der Waals surface area contributed by atoms with Crippen LogP contribution in [0, 0.1) is 0 Å². The Morgan fingerprint density at radius 3 is 2.72 bits per heavy atom. The number of likely N-dealkylation sites (N-methyl/N-ethyl adjacent to an activating group) is 2. The molecule has 104 valence electrons. The summed E-state index contributed by atoms with van der Waals surface area (Å²) in [7, 11) is 4.55. The highest BCUT2D eigenvalue weighted by molar-refractivity contribution is 4.89. The zero-order valence-electron chi connectivity index (χ0n) is 12.0. The molecule has 3 rings (SSSR count). The van der Waals surface area contributed by atoms with Gasteiger partial charge in [0.15, 0.2) is 0 Å².